The number of fused-ring (bicyclic) bond motifs is 2. The van der Waals surface area contributed by atoms with Gasteiger partial charge in [0.15, 0.2) is 12.1 Å². The number of hydrogen-bond acceptors (Lipinski definition) is 5. The highest BCUT2D eigenvalue weighted by Crippen LogP contribution is 2.32. The fourth-order valence-electron chi connectivity index (χ4n) is 5.02. The van der Waals surface area contributed by atoms with Crippen LogP contribution in [-0.2, 0) is 18.0 Å². The zero-order chi connectivity index (χ0) is 28.9. The van der Waals surface area contributed by atoms with Gasteiger partial charge in [0.05, 0.1) is 11.1 Å². The smallest absolute Gasteiger partial charge is 0.338 e. The summed E-state index contributed by atoms with van der Waals surface area (Å²) in [7, 11) is 0. The van der Waals surface area contributed by atoms with Crippen LogP contribution in [0.15, 0.2) is 127 Å². The molecule has 5 heteroatoms. The molecule has 0 saturated heterocycles. The van der Waals surface area contributed by atoms with Crippen molar-refractivity contribution >= 4 is 39.6 Å². The standard InChI is InChI=1S/C37H26O5/c38-22-31-16-15-29-19-30(37(40)42-24-26-11-5-2-6-12-26)17-18-32(29)35(31)36(39)33-20-27-13-7-8-14-28(27)21-34(33)41-23-25-9-3-1-4-10-25/h1-22H,23-24H2. The summed E-state index contributed by atoms with van der Waals surface area (Å²) in [5.74, 6) is -0.382. The van der Waals surface area contributed by atoms with E-state index >= 15 is 0 Å². The first-order valence-electron chi connectivity index (χ1n) is 13.6. The van der Waals surface area contributed by atoms with Gasteiger partial charge in [0.2, 0.25) is 0 Å². The second-order valence-corrected chi connectivity index (χ2v) is 9.94. The number of rotatable bonds is 9. The van der Waals surface area contributed by atoms with Crippen molar-refractivity contribution in [1.82, 2.24) is 0 Å². The molecule has 6 aromatic carbocycles. The molecule has 0 aliphatic carbocycles. The van der Waals surface area contributed by atoms with E-state index in [1.807, 2.05) is 91.0 Å². The normalized spacial score (nSPS) is 10.9. The lowest BCUT2D eigenvalue weighted by Gasteiger charge is -2.15. The minimum atomic E-state index is -0.473. The summed E-state index contributed by atoms with van der Waals surface area (Å²) in [5.41, 5.74) is 3.07. The minimum absolute atomic E-state index is 0.152. The van der Waals surface area contributed by atoms with Gasteiger partial charge in [-0.2, -0.15) is 0 Å². The number of carbonyl (C=O) groups is 3. The largest absolute Gasteiger partial charge is 0.488 e. The van der Waals surface area contributed by atoms with E-state index in [1.165, 1.54) is 0 Å². The molecule has 0 bridgehead atoms. The van der Waals surface area contributed by atoms with Gasteiger partial charge < -0.3 is 9.47 Å². The molecule has 0 radical (unpaired) electrons. The lowest BCUT2D eigenvalue weighted by molar-refractivity contribution is 0.0472. The number of aldehydes is 1. The third-order valence-electron chi connectivity index (χ3n) is 7.18. The molecule has 0 fully saturated rings. The van der Waals surface area contributed by atoms with Crippen molar-refractivity contribution in [3.8, 4) is 5.75 Å². The molecule has 5 nitrogen and oxygen atoms in total. The molecule has 42 heavy (non-hydrogen) atoms. The van der Waals surface area contributed by atoms with Crippen molar-refractivity contribution in [2.75, 3.05) is 0 Å². The van der Waals surface area contributed by atoms with Crippen molar-refractivity contribution in [3.05, 3.63) is 161 Å². The van der Waals surface area contributed by atoms with Crippen molar-refractivity contribution in [1.29, 1.82) is 0 Å². The SMILES string of the molecule is O=Cc1ccc2cc(C(=O)OCc3ccccc3)ccc2c1C(=O)c1cc2ccccc2cc1OCc1ccccc1. The van der Waals surface area contributed by atoms with Gasteiger partial charge in [0, 0.05) is 11.1 Å². The third kappa shape index (κ3) is 5.54. The topological polar surface area (TPSA) is 69.7 Å². The average molecular weight is 551 g/mol. The Morgan fingerprint density at radius 1 is 0.619 bits per heavy atom. The van der Waals surface area contributed by atoms with Crippen molar-refractivity contribution < 1.29 is 23.9 Å². The van der Waals surface area contributed by atoms with E-state index in [4.69, 9.17) is 9.47 Å². The molecule has 0 unspecified atom stereocenters. The van der Waals surface area contributed by atoms with E-state index in [0.717, 1.165) is 21.9 Å². The molecule has 0 heterocycles. The Labute approximate surface area is 243 Å². The molecule has 0 N–H and O–H groups in total. The molecule has 0 aliphatic heterocycles. The van der Waals surface area contributed by atoms with E-state index < -0.39 is 5.97 Å². The van der Waals surface area contributed by atoms with Gasteiger partial charge in [0.1, 0.15) is 19.0 Å². The van der Waals surface area contributed by atoms with Gasteiger partial charge in [-0.05, 0) is 56.9 Å². The van der Waals surface area contributed by atoms with Crippen molar-refractivity contribution in [2.45, 2.75) is 13.2 Å². The summed E-state index contributed by atoms with van der Waals surface area (Å²) in [5, 5.41) is 3.02. The number of ether oxygens (including phenoxy) is 2. The molecule has 0 aromatic heterocycles. The summed E-state index contributed by atoms with van der Waals surface area (Å²) in [4.78, 5) is 39.2. The second-order valence-electron chi connectivity index (χ2n) is 9.94. The Morgan fingerprint density at radius 3 is 1.95 bits per heavy atom. The first-order chi connectivity index (χ1) is 20.6. The highest BCUT2D eigenvalue weighted by atomic mass is 16.5. The van der Waals surface area contributed by atoms with Gasteiger partial charge in [0.25, 0.3) is 0 Å². The van der Waals surface area contributed by atoms with Crippen molar-refractivity contribution in [3.63, 3.8) is 0 Å². The molecule has 6 aromatic rings. The van der Waals surface area contributed by atoms with Gasteiger partial charge in [-0.15, -0.1) is 0 Å². The first-order valence-corrected chi connectivity index (χ1v) is 13.6. The maximum Gasteiger partial charge on any atom is 0.338 e. The fraction of sp³-hybridized carbons (Fsp3) is 0.0541. The Morgan fingerprint density at radius 2 is 1.26 bits per heavy atom. The third-order valence-corrected chi connectivity index (χ3v) is 7.18. The number of carbonyl (C=O) groups excluding carboxylic acids is 3. The number of hydrogen-bond donors (Lipinski definition) is 0. The van der Waals surface area contributed by atoms with Crippen LogP contribution in [0.4, 0.5) is 0 Å². The Balaban J connectivity index is 1.38. The van der Waals surface area contributed by atoms with E-state index in [-0.39, 0.29) is 30.1 Å². The van der Waals surface area contributed by atoms with Gasteiger partial charge in [-0.3, -0.25) is 9.59 Å². The minimum Gasteiger partial charge on any atom is -0.488 e. The quantitative estimate of drug-likeness (QED) is 0.104. The van der Waals surface area contributed by atoms with Crippen LogP contribution >= 0.6 is 0 Å². The second kappa shape index (κ2) is 11.9. The summed E-state index contributed by atoms with van der Waals surface area (Å²) in [6.45, 7) is 0.434. The fourth-order valence-corrected chi connectivity index (χ4v) is 5.02. The predicted octanol–water partition coefficient (Wildman–Crippen LogP) is 7.97. The number of benzene rings is 6. The van der Waals surface area contributed by atoms with Crippen LogP contribution in [0, 0.1) is 0 Å². The van der Waals surface area contributed by atoms with E-state index in [1.54, 1.807) is 36.4 Å². The highest BCUT2D eigenvalue weighted by molar-refractivity contribution is 6.22. The van der Waals surface area contributed by atoms with E-state index in [2.05, 4.69) is 0 Å². The molecule has 204 valence electrons. The summed E-state index contributed by atoms with van der Waals surface area (Å²) in [6, 6.07) is 38.9. The Kier molecular flexibility index (Phi) is 7.56. The predicted molar refractivity (Wildman–Crippen MR) is 163 cm³/mol. The molecule has 0 atom stereocenters. The van der Waals surface area contributed by atoms with Gasteiger partial charge in [-0.1, -0.05) is 103 Å². The zero-order valence-corrected chi connectivity index (χ0v) is 22.7. The van der Waals surface area contributed by atoms with Crippen LogP contribution in [0.2, 0.25) is 0 Å². The van der Waals surface area contributed by atoms with Crippen LogP contribution < -0.4 is 4.74 Å². The van der Waals surface area contributed by atoms with Crippen LogP contribution in [0.5, 0.6) is 5.75 Å². The van der Waals surface area contributed by atoms with E-state index in [9.17, 15) is 14.4 Å². The van der Waals surface area contributed by atoms with Gasteiger partial charge >= 0.3 is 5.97 Å². The molecule has 0 spiro atoms. The highest BCUT2D eigenvalue weighted by Gasteiger charge is 2.22. The summed E-state index contributed by atoms with van der Waals surface area (Å²) < 4.78 is 11.7. The van der Waals surface area contributed by atoms with Crippen molar-refractivity contribution in [2.24, 2.45) is 0 Å². The van der Waals surface area contributed by atoms with Crippen LogP contribution in [0.1, 0.15) is 47.8 Å². The molecular weight excluding hydrogens is 524 g/mol. The Bertz CT molecular complexity index is 1930. The van der Waals surface area contributed by atoms with Crippen LogP contribution in [0.3, 0.4) is 0 Å². The van der Waals surface area contributed by atoms with Gasteiger partial charge in [-0.25, -0.2) is 4.79 Å². The first kappa shape index (κ1) is 26.7. The zero-order valence-electron chi connectivity index (χ0n) is 22.7. The summed E-state index contributed by atoms with van der Waals surface area (Å²) in [6.07, 6.45) is 0.681. The molecule has 0 amide bonds. The number of ketones is 1. The van der Waals surface area contributed by atoms with Crippen LogP contribution in [0.25, 0.3) is 21.5 Å². The lowest BCUT2D eigenvalue weighted by atomic mass is 9.91. The molecular formula is C37H26O5. The number of esters is 1. The lowest BCUT2D eigenvalue weighted by Crippen LogP contribution is -2.10. The Hall–Kier alpha value is -5.55. The average Bonchev–Trinajstić information content (AvgIpc) is 3.05. The van der Waals surface area contributed by atoms with E-state index in [0.29, 0.717) is 33.9 Å². The maximum absolute atomic E-state index is 14.3. The monoisotopic (exact) mass is 550 g/mol. The molecule has 0 saturated carbocycles. The summed E-state index contributed by atoms with van der Waals surface area (Å²) >= 11 is 0. The maximum atomic E-state index is 14.3. The molecule has 0 aliphatic rings. The molecule has 6 rings (SSSR count). The van der Waals surface area contributed by atoms with Crippen LogP contribution in [-0.4, -0.2) is 18.0 Å².